The Morgan fingerprint density at radius 1 is 1.37 bits per heavy atom. The van der Waals surface area contributed by atoms with Crippen LogP contribution in [0.3, 0.4) is 0 Å². The molecule has 2 N–H and O–H groups in total. The highest BCUT2D eigenvalue weighted by molar-refractivity contribution is 5.27. The Balaban J connectivity index is 2.30. The minimum absolute atomic E-state index is 0.109. The summed E-state index contributed by atoms with van der Waals surface area (Å²) in [6.07, 6.45) is 0.0778. The quantitative estimate of drug-likeness (QED) is 0.716. The van der Waals surface area contributed by atoms with E-state index in [-0.39, 0.29) is 13.2 Å². The fraction of sp³-hybridized carbons (Fsp3) is 0.600. The van der Waals surface area contributed by atoms with Crippen LogP contribution in [0, 0.1) is 0 Å². The summed E-state index contributed by atoms with van der Waals surface area (Å²) in [5.74, 6) is 0.670. The second kappa shape index (κ2) is 8.91. The van der Waals surface area contributed by atoms with Crippen LogP contribution in [0.1, 0.15) is 23.5 Å². The van der Waals surface area contributed by atoms with Crippen molar-refractivity contribution in [2.75, 3.05) is 26.9 Å². The zero-order valence-electron chi connectivity index (χ0n) is 14.6. The van der Waals surface area contributed by atoms with Crippen molar-refractivity contribution in [1.29, 1.82) is 0 Å². The summed E-state index contributed by atoms with van der Waals surface area (Å²) in [5, 5.41) is 12.6. The van der Waals surface area contributed by atoms with Gasteiger partial charge in [0.25, 0.3) is 0 Å². The van der Waals surface area contributed by atoms with E-state index in [9.17, 15) is 5.11 Å². The predicted octanol–water partition coefficient (Wildman–Crippen LogP) is 1.61. The highest BCUT2D eigenvalue weighted by Crippen LogP contribution is 2.12. The Labute approximate surface area is 120 Å². The molecule has 0 radical (unpaired) electrons. The Kier molecular flexibility index (Phi) is 5.49. The van der Waals surface area contributed by atoms with Crippen molar-refractivity contribution in [2.24, 2.45) is 0 Å². The van der Waals surface area contributed by atoms with Crippen molar-refractivity contribution in [3.63, 3.8) is 0 Å². The van der Waals surface area contributed by atoms with Crippen LogP contribution < -0.4 is 10.1 Å². The van der Waals surface area contributed by atoms with Gasteiger partial charge in [-0.3, -0.25) is 0 Å². The van der Waals surface area contributed by atoms with E-state index in [0.717, 1.165) is 12.0 Å². The number of ether oxygens (including phenoxy) is 2. The molecule has 4 heteroatoms. The number of aliphatic hydroxyl groups excluding tert-OH is 1. The molecule has 1 aromatic rings. The zero-order valence-corrected chi connectivity index (χ0v) is 11.6. The number of methoxy groups -OCH3 is 1. The molecule has 0 amide bonds. The predicted molar refractivity (Wildman–Crippen MR) is 76.7 cm³/mol. The van der Waals surface area contributed by atoms with Gasteiger partial charge in [0.05, 0.1) is 6.61 Å². The summed E-state index contributed by atoms with van der Waals surface area (Å²) in [7, 11) is 1.67. The van der Waals surface area contributed by atoms with E-state index in [1.54, 1.807) is 14.0 Å². The van der Waals surface area contributed by atoms with Crippen LogP contribution in [-0.2, 0) is 11.2 Å². The topological polar surface area (TPSA) is 50.7 Å². The first kappa shape index (κ1) is 11.7. The molecule has 0 aliphatic heterocycles. The van der Waals surface area contributed by atoms with Gasteiger partial charge in [-0.05, 0) is 24.1 Å². The average molecular weight is 270 g/mol. The van der Waals surface area contributed by atoms with Crippen molar-refractivity contribution in [2.45, 2.75) is 32.3 Å². The highest BCUT2D eigenvalue weighted by Gasteiger charge is 2.05. The summed E-state index contributed by atoms with van der Waals surface area (Å²) >= 11 is 0. The van der Waals surface area contributed by atoms with E-state index < -0.39 is 19.0 Å². The molecule has 0 heterocycles. The first-order valence-corrected chi connectivity index (χ1v) is 6.45. The van der Waals surface area contributed by atoms with Crippen LogP contribution >= 0.6 is 0 Å². The molecule has 0 bridgehead atoms. The lowest BCUT2D eigenvalue weighted by atomic mass is 10.1. The Bertz CT molecular complexity index is 423. The maximum absolute atomic E-state index is 9.81. The Morgan fingerprint density at radius 2 is 2.11 bits per heavy atom. The molecule has 0 saturated carbocycles. The van der Waals surface area contributed by atoms with Gasteiger partial charge in [0, 0.05) is 23.8 Å². The molecule has 1 aromatic carbocycles. The number of hydrogen-bond donors (Lipinski definition) is 2. The average Bonchev–Trinajstić information content (AvgIpc) is 2.48. The van der Waals surface area contributed by atoms with E-state index in [1.165, 1.54) is 0 Å². The summed E-state index contributed by atoms with van der Waals surface area (Å²) in [6.45, 7) is 0.452. The van der Waals surface area contributed by atoms with Gasteiger partial charge in [-0.1, -0.05) is 25.9 Å². The number of aliphatic hydroxyl groups is 1. The largest absolute Gasteiger partial charge is 0.491 e. The van der Waals surface area contributed by atoms with E-state index >= 15 is 0 Å². The van der Waals surface area contributed by atoms with Gasteiger partial charge in [0.15, 0.2) is 0 Å². The molecule has 2 unspecified atom stereocenters. The van der Waals surface area contributed by atoms with Crippen molar-refractivity contribution in [3.05, 3.63) is 29.8 Å². The fourth-order valence-electron chi connectivity index (χ4n) is 1.54. The number of nitrogens with one attached hydrogen (secondary N) is 1. The van der Waals surface area contributed by atoms with Gasteiger partial charge in [-0.15, -0.1) is 0 Å². The summed E-state index contributed by atoms with van der Waals surface area (Å²) < 4.78 is 32.2. The van der Waals surface area contributed by atoms with E-state index in [2.05, 4.69) is 5.32 Å². The lowest BCUT2D eigenvalue weighted by Crippen LogP contribution is -2.35. The van der Waals surface area contributed by atoms with Gasteiger partial charge in [-0.2, -0.15) is 0 Å². The van der Waals surface area contributed by atoms with Gasteiger partial charge in [0.1, 0.15) is 18.5 Å². The molecule has 0 spiro atoms. The minimum Gasteiger partial charge on any atom is -0.491 e. The summed E-state index contributed by atoms with van der Waals surface area (Å²) in [6, 6.07) is 6.93. The Hall–Kier alpha value is -1.10. The highest BCUT2D eigenvalue weighted by atomic mass is 16.5. The van der Waals surface area contributed by atoms with Gasteiger partial charge in [-0.25, -0.2) is 0 Å². The van der Waals surface area contributed by atoms with Crippen LogP contribution in [0.15, 0.2) is 24.3 Å². The molecule has 19 heavy (non-hydrogen) atoms. The van der Waals surface area contributed by atoms with Gasteiger partial charge < -0.3 is 19.9 Å². The third-order valence-electron chi connectivity index (χ3n) is 2.62. The summed E-state index contributed by atoms with van der Waals surface area (Å²) in [5.41, 5.74) is 1.16. The van der Waals surface area contributed by atoms with E-state index in [1.807, 2.05) is 24.3 Å². The molecule has 108 valence electrons. The van der Waals surface area contributed by atoms with E-state index in [0.29, 0.717) is 12.4 Å². The zero-order chi connectivity index (χ0) is 16.6. The van der Waals surface area contributed by atoms with Crippen LogP contribution in [0.4, 0.5) is 0 Å². The van der Waals surface area contributed by atoms with Crippen LogP contribution in [0.2, 0.25) is 0 Å². The van der Waals surface area contributed by atoms with Crippen molar-refractivity contribution < 1.29 is 18.7 Å². The molecule has 0 aliphatic carbocycles. The third-order valence-corrected chi connectivity index (χ3v) is 2.62. The number of benzene rings is 1. The summed E-state index contributed by atoms with van der Waals surface area (Å²) in [4.78, 5) is 0. The molecular formula is C15H25NO3. The van der Waals surface area contributed by atoms with Crippen LogP contribution in [-0.4, -0.2) is 44.1 Å². The molecule has 0 fully saturated rings. The lowest BCUT2D eigenvalue weighted by molar-refractivity contribution is 0.104. The first-order chi connectivity index (χ1) is 10.3. The molecule has 4 nitrogen and oxygen atoms in total. The second-order valence-electron chi connectivity index (χ2n) is 4.48. The third kappa shape index (κ3) is 7.15. The maximum atomic E-state index is 9.81. The van der Waals surface area contributed by atoms with Crippen LogP contribution in [0.5, 0.6) is 5.75 Å². The van der Waals surface area contributed by atoms with Gasteiger partial charge >= 0.3 is 0 Å². The lowest BCUT2D eigenvalue weighted by Gasteiger charge is -2.15. The minimum atomic E-state index is -2.07. The maximum Gasteiger partial charge on any atom is 0.119 e. The molecular weight excluding hydrogens is 242 g/mol. The molecule has 2 atom stereocenters. The SMILES string of the molecule is [2H]C([2H])([2H])C(C)NCC(O)COc1ccc(CCOC)cc1. The number of rotatable bonds is 9. The van der Waals surface area contributed by atoms with Crippen molar-refractivity contribution >= 4 is 0 Å². The monoisotopic (exact) mass is 270 g/mol. The smallest absolute Gasteiger partial charge is 0.119 e. The van der Waals surface area contributed by atoms with E-state index in [4.69, 9.17) is 13.6 Å². The fourth-order valence-corrected chi connectivity index (χ4v) is 1.54. The second-order valence-corrected chi connectivity index (χ2v) is 4.48. The normalized spacial score (nSPS) is 17.1. The van der Waals surface area contributed by atoms with Crippen LogP contribution in [0.25, 0.3) is 0 Å². The molecule has 0 saturated heterocycles. The Morgan fingerprint density at radius 3 is 2.74 bits per heavy atom. The molecule has 0 aliphatic rings. The van der Waals surface area contributed by atoms with Crippen molar-refractivity contribution in [1.82, 2.24) is 5.32 Å². The molecule has 0 aromatic heterocycles. The van der Waals surface area contributed by atoms with Gasteiger partial charge in [0.2, 0.25) is 0 Å². The van der Waals surface area contributed by atoms with Crippen molar-refractivity contribution in [3.8, 4) is 5.75 Å². The number of hydrogen-bond acceptors (Lipinski definition) is 4. The first-order valence-electron chi connectivity index (χ1n) is 7.95. The molecule has 1 rings (SSSR count). The standard InChI is InChI=1S/C15H25NO3/c1-12(2)16-10-14(17)11-19-15-6-4-13(5-7-15)8-9-18-3/h4-7,12,14,16-17H,8-11H2,1-3H3/i1D3.